The van der Waals surface area contributed by atoms with Crippen molar-refractivity contribution >= 4 is 0 Å². The lowest BCUT2D eigenvalue weighted by Crippen LogP contribution is -2.58. The maximum Gasteiger partial charge on any atom is 0.163 e. The van der Waals surface area contributed by atoms with Gasteiger partial charge >= 0.3 is 0 Å². The summed E-state index contributed by atoms with van der Waals surface area (Å²) in [6, 6.07) is 3.89. The normalized spacial score (nSPS) is 23.0. The molecule has 21 heavy (non-hydrogen) atoms. The lowest BCUT2D eigenvalue weighted by atomic mass is 9.94. The number of morpholine rings is 1. The zero-order valence-corrected chi connectivity index (χ0v) is 13.1. The number of ether oxygens (including phenoxy) is 1. The molecule has 1 saturated heterocycles. The molecule has 0 bridgehead atoms. The van der Waals surface area contributed by atoms with Gasteiger partial charge in [0.15, 0.2) is 11.6 Å². The van der Waals surface area contributed by atoms with Gasteiger partial charge in [0.1, 0.15) is 0 Å². The maximum absolute atomic E-state index is 14.1. The van der Waals surface area contributed by atoms with Gasteiger partial charge in [0.2, 0.25) is 0 Å². The lowest BCUT2D eigenvalue weighted by Gasteiger charge is -2.49. The van der Waals surface area contributed by atoms with Crippen LogP contribution >= 0.6 is 0 Å². The van der Waals surface area contributed by atoms with Crippen LogP contribution in [0.5, 0.6) is 0 Å². The molecular formula is C16H24F2N2O. The van der Waals surface area contributed by atoms with Crippen LogP contribution in [0.4, 0.5) is 8.78 Å². The van der Waals surface area contributed by atoms with Crippen molar-refractivity contribution in [1.82, 2.24) is 4.90 Å². The van der Waals surface area contributed by atoms with E-state index in [0.29, 0.717) is 18.7 Å². The van der Waals surface area contributed by atoms with Crippen molar-refractivity contribution in [2.24, 2.45) is 5.73 Å². The summed E-state index contributed by atoms with van der Waals surface area (Å²) in [6.07, 6.45) is 0. The summed E-state index contributed by atoms with van der Waals surface area (Å²) < 4.78 is 33.6. The Balaban J connectivity index is 2.35. The SMILES string of the molecule is CC1(C)CN(C(CN)c2cccc(F)c2F)CC(C)(C)O1. The molecule has 3 nitrogen and oxygen atoms in total. The summed E-state index contributed by atoms with van der Waals surface area (Å²) >= 11 is 0. The molecule has 1 atom stereocenters. The van der Waals surface area contributed by atoms with Crippen LogP contribution in [-0.2, 0) is 4.74 Å². The van der Waals surface area contributed by atoms with Gasteiger partial charge in [0.05, 0.1) is 17.2 Å². The fourth-order valence-corrected chi connectivity index (χ4v) is 3.32. The topological polar surface area (TPSA) is 38.5 Å². The zero-order valence-electron chi connectivity index (χ0n) is 13.1. The Morgan fingerprint density at radius 2 is 1.76 bits per heavy atom. The van der Waals surface area contributed by atoms with Crippen molar-refractivity contribution in [1.29, 1.82) is 0 Å². The van der Waals surface area contributed by atoms with Gasteiger partial charge in [-0.25, -0.2) is 8.78 Å². The highest BCUT2D eigenvalue weighted by atomic mass is 19.2. The van der Waals surface area contributed by atoms with E-state index in [1.54, 1.807) is 6.07 Å². The largest absolute Gasteiger partial charge is 0.367 e. The number of benzene rings is 1. The molecule has 0 saturated carbocycles. The molecule has 1 aliphatic rings. The quantitative estimate of drug-likeness (QED) is 0.932. The van der Waals surface area contributed by atoms with Crippen molar-refractivity contribution in [3.63, 3.8) is 0 Å². The Bertz CT molecular complexity index is 501. The second-order valence-corrected chi connectivity index (χ2v) is 6.92. The minimum atomic E-state index is -0.835. The Kier molecular flexibility index (Phi) is 4.38. The fourth-order valence-electron chi connectivity index (χ4n) is 3.32. The summed E-state index contributed by atoms with van der Waals surface area (Å²) in [5.74, 6) is -1.65. The van der Waals surface area contributed by atoms with Crippen molar-refractivity contribution in [3.8, 4) is 0 Å². The minimum Gasteiger partial charge on any atom is -0.367 e. The zero-order chi connectivity index (χ0) is 15.8. The van der Waals surface area contributed by atoms with E-state index in [0.717, 1.165) is 6.07 Å². The predicted octanol–water partition coefficient (Wildman–Crippen LogP) is 2.85. The molecule has 5 heteroatoms. The first kappa shape index (κ1) is 16.3. The van der Waals surface area contributed by atoms with E-state index in [2.05, 4.69) is 4.90 Å². The molecule has 1 unspecified atom stereocenters. The van der Waals surface area contributed by atoms with Crippen LogP contribution in [0, 0.1) is 11.6 Å². The molecule has 2 rings (SSSR count). The molecule has 0 radical (unpaired) electrons. The smallest absolute Gasteiger partial charge is 0.163 e. The number of nitrogens with two attached hydrogens (primary N) is 1. The Labute approximate surface area is 125 Å². The molecule has 118 valence electrons. The Morgan fingerprint density at radius 3 is 2.29 bits per heavy atom. The number of rotatable bonds is 3. The molecule has 0 spiro atoms. The lowest BCUT2D eigenvalue weighted by molar-refractivity contribution is -0.187. The summed E-state index contributed by atoms with van der Waals surface area (Å²) in [5.41, 5.74) is 5.45. The van der Waals surface area contributed by atoms with Gasteiger partial charge in [-0.15, -0.1) is 0 Å². The van der Waals surface area contributed by atoms with E-state index in [1.165, 1.54) is 6.07 Å². The van der Waals surface area contributed by atoms with Crippen LogP contribution in [0.2, 0.25) is 0 Å². The minimum absolute atomic E-state index is 0.229. The van der Waals surface area contributed by atoms with Crippen molar-refractivity contribution in [2.45, 2.75) is 44.9 Å². The monoisotopic (exact) mass is 298 g/mol. The van der Waals surface area contributed by atoms with Gasteiger partial charge in [-0.05, 0) is 33.8 Å². The number of hydrogen-bond acceptors (Lipinski definition) is 3. The molecule has 1 heterocycles. The van der Waals surface area contributed by atoms with Crippen LogP contribution in [0.25, 0.3) is 0 Å². The van der Waals surface area contributed by atoms with E-state index >= 15 is 0 Å². The van der Waals surface area contributed by atoms with E-state index in [1.807, 2.05) is 27.7 Å². The van der Waals surface area contributed by atoms with Crippen LogP contribution in [0.1, 0.15) is 39.3 Å². The predicted molar refractivity (Wildman–Crippen MR) is 79.0 cm³/mol. The van der Waals surface area contributed by atoms with E-state index in [-0.39, 0.29) is 23.8 Å². The highest BCUT2D eigenvalue weighted by Crippen LogP contribution is 2.34. The van der Waals surface area contributed by atoms with Gasteiger partial charge in [-0.2, -0.15) is 0 Å². The van der Waals surface area contributed by atoms with E-state index < -0.39 is 11.6 Å². The highest BCUT2D eigenvalue weighted by molar-refractivity contribution is 5.23. The first-order valence-electron chi connectivity index (χ1n) is 7.23. The molecule has 2 N–H and O–H groups in total. The van der Waals surface area contributed by atoms with Gasteiger partial charge in [0, 0.05) is 25.2 Å². The second kappa shape index (κ2) is 5.63. The molecule has 0 aromatic heterocycles. The first-order chi connectivity index (χ1) is 9.65. The van der Waals surface area contributed by atoms with Crippen LogP contribution in [0.15, 0.2) is 18.2 Å². The number of hydrogen-bond donors (Lipinski definition) is 1. The number of nitrogens with zero attached hydrogens (tertiary/aromatic N) is 1. The second-order valence-electron chi connectivity index (χ2n) is 6.92. The molecular weight excluding hydrogens is 274 g/mol. The summed E-state index contributed by atoms with van der Waals surface area (Å²) in [4.78, 5) is 2.08. The van der Waals surface area contributed by atoms with Gasteiger partial charge in [0.25, 0.3) is 0 Å². The standard InChI is InChI=1S/C16H24F2N2O/c1-15(2)9-20(10-16(3,4)21-15)13(8-19)11-6-5-7-12(17)14(11)18/h5-7,13H,8-10,19H2,1-4H3. The first-order valence-corrected chi connectivity index (χ1v) is 7.23. The molecule has 0 amide bonds. The Morgan fingerprint density at radius 1 is 1.19 bits per heavy atom. The molecule has 1 fully saturated rings. The third-order valence-corrected chi connectivity index (χ3v) is 3.72. The van der Waals surface area contributed by atoms with Crippen molar-refractivity contribution in [3.05, 3.63) is 35.4 Å². The molecule has 1 aliphatic heterocycles. The average Bonchev–Trinajstić information content (AvgIpc) is 2.31. The molecule has 0 aliphatic carbocycles. The average molecular weight is 298 g/mol. The van der Waals surface area contributed by atoms with Gasteiger partial charge < -0.3 is 10.5 Å². The van der Waals surface area contributed by atoms with Crippen LogP contribution in [-0.4, -0.2) is 35.7 Å². The van der Waals surface area contributed by atoms with Crippen LogP contribution < -0.4 is 5.73 Å². The third kappa shape index (κ3) is 3.59. The van der Waals surface area contributed by atoms with E-state index in [9.17, 15) is 8.78 Å². The summed E-state index contributed by atoms with van der Waals surface area (Å²) in [7, 11) is 0. The maximum atomic E-state index is 14.1. The summed E-state index contributed by atoms with van der Waals surface area (Å²) in [6.45, 7) is 9.45. The van der Waals surface area contributed by atoms with Crippen LogP contribution in [0.3, 0.4) is 0 Å². The summed E-state index contributed by atoms with van der Waals surface area (Å²) in [5, 5.41) is 0. The fraction of sp³-hybridized carbons (Fsp3) is 0.625. The van der Waals surface area contributed by atoms with Crippen molar-refractivity contribution < 1.29 is 13.5 Å². The Hall–Kier alpha value is -1.04. The van der Waals surface area contributed by atoms with E-state index in [4.69, 9.17) is 10.5 Å². The van der Waals surface area contributed by atoms with Crippen molar-refractivity contribution in [2.75, 3.05) is 19.6 Å². The molecule has 1 aromatic carbocycles. The number of halogens is 2. The third-order valence-electron chi connectivity index (χ3n) is 3.72. The van der Waals surface area contributed by atoms with Gasteiger partial charge in [-0.3, -0.25) is 4.90 Å². The highest BCUT2D eigenvalue weighted by Gasteiger charge is 2.41. The van der Waals surface area contributed by atoms with Gasteiger partial charge in [-0.1, -0.05) is 12.1 Å². The molecule has 1 aromatic rings.